The minimum Gasteiger partial charge on any atom is -0.460 e. The summed E-state index contributed by atoms with van der Waals surface area (Å²) < 4.78 is 5.10. The number of pyridine rings is 1. The molecule has 98 valence electrons. The van der Waals surface area contributed by atoms with Crippen molar-refractivity contribution in [3.05, 3.63) is 33.2 Å². The van der Waals surface area contributed by atoms with E-state index < -0.39 is 17.0 Å². The summed E-state index contributed by atoms with van der Waals surface area (Å²) in [6.45, 7) is 6.46. The predicted molar refractivity (Wildman–Crippen MR) is 64.9 cm³/mol. The van der Waals surface area contributed by atoms with Crippen LogP contribution in [0.25, 0.3) is 0 Å². The molecule has 0 aliphatic carbocycles. The van der Waals surface area contributed by atoms with E-state index in [0.717, 1.165) is 5.56 Å². The standard InChI is InChI=1S/C13H17NO4/c1-7-5-14-10(15)8-6-18-11(16)12(2,3)13(4,17)9(7)8/h5,17H,6H2,1-4H3,(H,14,15). The van der Waals surface area contributed by atoms with Gasteiger partial charge in [-0.15, -0.1) is 0 Å². The number of carbonyl (C=O) groups is 1. The van der Waals surface area contributed by atoms with Crippen molar-refractivity contribution in [2.24, 2.45) is 5.41 Å². The van der Waals surface area contributed by atoms with Gasteiger partial charge in [0.1, 0.15) is 12.2 Å². The van der Waals surface area contributed by atoms with Crippen LogP contribution < -0.4 is 5.56 Å². The molecule has 1 aliphatic heterocycles. The Balaban J connectivity index is 2.83. The molecule has 0 saturated carbocycles. The molecule has 2 N–H and O–H groups in total. The number of nitrogens with one attached hydrogen (secondary N) is 1. The van der Waals surface area contributed by atoms with E-state index >= 15 is 0 Å². The Labute approximate surface area is 105 Å². The smallest absolute Gasteiger partial charge is 0.315 e. The van der Waals surface area contributed by atoms with E-state index in [1.807, 2.05) is 0 Å². The van der Waals surface area contributed by atoms with E-state index in [1.165, 1.54) is 0 Å². The summed E-state index contributed by atoms with van der Waals surface area (Å²) in [6.07, 6.45) is 1.54. The molecule has 1 aromatic heterocycles. The first-order valence-electron chi connectivity index (χ1n) is 5.81. The Kier molecular flexibility index (Phi) is 2.63. The van der Waals surface area contributed by atoms with Gasteiger partial charge in [-0.05, 0) is 33.3 Å². The average molecular weight is 251 g/mol. The van der Waals surface area contributed by atoms with Crippen LogP contribution in [0.1, 0.15) is 37.5 Å². The van der Waals surface area contributed by atoms with Crippen LogP contribution in [0.5, 0.6) is 0 Å². The number of aromatic nitrogens is 1. The van der Waals surface area contributed by atoms with Gasteiger partial charge in [-0.1, -0.05) is 0 Å². The number of cyclic esters (lactones) is 1. The van der Waals surface area contributed by atoms with Gasteiger partial charge in [-0.3, -0.25) is 9.59 Å². The molecule has 5 heteroatoms. The number of hydrogen-bond donors (Lipinski definition) is 2. The molecule has 0 fully saturated rings. The second kappa shape index (κ2) is 3.68. The minimum atomic E-state index is -1.45. The zero-order valence-electron chi connectivity index (χ0n) is 11.0. The SMILES string of the molecule is Cc1c[nH]c(=O)c2c1C(C)(O)C(C)(C)C(=O)OC2. The third-order valence-corrected chi connectivity index (χ3v) is 3.95. The van der Waals surface area contributed by atoms with Crippen molar-refractivity contribution in [3.8, 4) is 0 Å². The summed E-state index contributed by atoms with van der Waals surface area (Å²) in [6, 6.07) is 0. The Morgan fingerprint density at radius 2 is 1.94 bits per heavy atom. The van der Waals surface area contributed by atoms with Crippen molar-refractivity contribution in [1.82, 2.24) is 4.98 Å². The molecule has 0 saturated heterocycles. The topological polar surface area (TPSA) is 79.4 Å². The van der Waals surface area contributed by atoms with Crippen LogP contribution in [0, 0.1) is 12.3 Å². The maximum absolute atomic E-state index is 11.9. The van der Waals surface area contributed by atoms with Crippen molar-refractivity contribution >= 4 is 5.97 Å². The summed E-state index contributed by atoms with van der Waals surface area (Å²) >= 11 is 0. The van der Waals surface area contributed by atoms with E-state index in [9.17, 15) is 14.7 Å². The Hall–Kier alpha value is -1.62. The first-order valence-corrected chi connectivity index (χ1v) is 5.81. The normalized spacial score (nSPS) is 26.2. The summed E-state index contributed by atoms with van der Waals surface area (Å²) in [4.78, 5) is 26.3. The fourth-order valence-corrected chi connectivity index (χ4v) is 2.33. The molecule has 2 rings (SSSR count). The zero-order valence-corrected chi connectivity index (χ0v) is 11.0. The summed E-state index contributed by atoms with van der Waals surface area (Å²) in [7, 11) is 0. The number of ether oxygens (including phenoxy) is 1. The minimum absolute atomic E-state index is 0.106. The Bertz CT molecular complexity index is 569. The monoisotopic (exact) mass is 251 g/mol. The lowest BCUT2D eigenvalue weighted by atomic mass is 9.70. The number of aryl methyl sites for hydroxylation is 1. The number of rotatable bonds is 0. The Morgan fingerprint density at radius 1 is 1.33 bits per heavy atom. The summed E-state index contributed by atoms with van der Waals surface area (Å²) in [5.41, 5.74) is -1.35. The van der Waals surface area contributed by atoms with Gasteiger partial charge in [0.15, 0.2) is 0 Å². The first kappa shape index (κ1) is 12.8. The molecule has 0 aromatic carbocycles. The fraction of sp³-hybridized carbons (Fsp3) is 0.538. The highest BCUT2D eigenvalue weighted by molar-refractivity contribution is 5.79. The van der Waals surface area contributed by atoms with Crippen LogP contribution in [-0.2, 0) is 21.7 Å². The number of aromatic amines is 1. The number of esters is 1. The van der Waals surface area contributed by atoms with Crippen molar-refractivity contribution in [1.29, 1.82) is 0 Å². The van der Waals surface area contributed by atoms with Gasteiger partial charge in [0.25, 0.3) is 5.56 Å². The van der Waals surface area contributed by atoms with E-state index in [2.05, 4.69) is 4.98 Å². The van der Waals surface area contributed by atoms with Gasteiger partial charge in [-0.25, -0.2) is 0 Å². The number of carbonyl (C=O) groups excluding carboxylic acids is 1. The van der Waals surface area contributed by atoms with Gasteiger partial charge in [0, 0.05) is 11.8 Å². The highest BCUT2D eigenvalue weighted by Crippen LogP contribution is 2.44. The highest BCUT2D eigenvalue weighted by atomic mass is 16.5. The van der Waals surface area contributed by atoms with Crippen LogP contribution >= 0.6 is 0 Å². The number of hydrogen-bond acceptors (Lipinski definition) is 4. The first-order chi connectivity index (χ1) is 8.19. The fourth-order valence-electron chi connectivity index (χ4n) is 2.33. The lowest BCUT2D eigenvalue weighted by Gasteiger charge is -2.37. The third-order valence-electron chi connectivity index (χ3n) is 3.95. The van der Waals surface area contributed by atoms with Crippen molar-refractivity contribution < 1.29 is 14.6 Å². The van der Waals surface area contributed by atoms with Gasteiger partial charge in [0.2, 0.25) is 0 Å². The molecular weight excluding hydrogens is 234 g/mol. The third kappa shape index (κ3) is 1.50. The number of H-pyrrole nitrogens is 1. The lowest BCUT2D eigenvalue weighted by molar-refractivity contribution is -0.169. The maximum atomic E-state index is 11.9. The van der Waals surface area contributed by atoms with Crippen LogP contribution in [0.15, 0.2) is 11.0 Å². The molecule has 0 spiro atoms. The van der Waals surface area contributed by atoms with Gasteiger partial charge in [0.05, 0.1) is 11.0 Å². The van der Waals surface area contributed by atoms with E-state index in [4.69, 9.17) is 4.74 Å². The van der Waals surface area contributed by atoms with Crippen LogP contribution in [0.4, 0.5) is 0 Å². The molecule has 2 heterocycles. The predicted octanol–water partition coefficient (Wildman–Crippen LogP) is 0.974. The van der Waals surface area contributed by atoms with E-state index in [-0.39, 0.29) is 12.2 Å². The van der Waals surface area contributed by atoms with Gasteiger partial charge < -0.3 is 14.8 Å². The summed E-state index contributed by atoms with van der Waals surface area (Å²) in [5, 5.41) is 10.8. The largest absolute Gasteiger partial charge is 0.460 e. The lowest BCUT2D eigenvalue weighted by Crippen LogP contribution is -2.45. The Morgan fingerprint density at radius 3 is 2.56 bits per heavy atom. The van der Waals surface area contributed by atoms with Crippen LogP contribution in [-0.4, -0.2) is 16.1 Å². The second-order valence-electron chi connectivity index (χ2n) is 5.43. The highest BCUT2D eigenvalue weighted by Gasteiger charge is 2.51. The zero-order chi connectivity index (χ0) is 13.7. The molecule has 0 bridgehead atoms. The molecule has 1 aliphatic rings. The van der Waals surface area contributed by atoms with E-state index in [1.54, 1.807) is 33.9 Å². The molecule has 0 radical (unpaired) electrons. The number of aliphatic hydroxyl groups is 1. The average Bonchev–Trinajstić information content (AvgIpc) is 2.34. The van der Waals surface area contributed by atoms with Crippen molar-refractivity contribution in [2.45, 2.75) is 39.9 Å². The molecule has 18 heavy (non-hydrogen) atoms. The molecule has 1 atom stereocenters. The molecule has 1 unspecified atom stereocenters. The van der Waals surface area contributed by atoms with Gasteiger partial charge >= 0.3 is 5.97 Å². The molecular formula is C13H17NO4. The van der Waals surface area contributed by atoms with Crippen molar-refractivity contribution in [3.63, 3.8) is 0 Å². The van der Waals surface area contributed by atoms with E-state index in [0.29, 0.717) is 11.1 Å². The van der Waals surface area contributed by atoms with Crippen molar-refractivity contribution in [2.75, 3.05) is 0 Å². The molecule has 5 nitrogen and oxygen atoms in total. The van der Waals surface area contributed by atoms with Crippen LogP contribution in [0.2, 0.25) is 0 Å². The second-order valence-corrected chi connectivity index (χ2v) is 5.43. The number of fused-ring (bicyclic) bond motifs is 1. The van der Waals surface area contributed by atoms with Crippen LogP contribution in [0.3, 0.4) is 0 Å². The molecule has 1 aromatic rings. The quantitative estimate of drug-likeness (QED) is 0.673. The van der Waals surface area contributed by atoms with Gasteiger partial charge in [-0.2, -0.15) is 0 Å². The summed E-state index contributed by atoms with van der Waals surface area (Å²) in [5.74, 6) is -0.512. The maximum Gasteiger partial charge on any atom is 0.315 e. The molecule has 0 amide bonds.